The maximum atomic E-state index is 5.77. The summed E-state index contributed by atoms with van der Waals surface area (Å²) in [7, 11) is 0. The Balaban J connectivity index is 2.15. The van der Waals surface area contributed by atoms with Crippen LogP contribution in [0.2, 0.25) is 0 Å². The van der Waals surface area contributed by atoms with Crippen LogP contribution in [0.1, 0.15) is 32.4 Å². The Hall–Kier alpha value is -0.280. The molecule has 0 aromatic carbocycles. The van der Waals surface area contributed by atoms with Gasteiger partial charge in [-0.3, -0.25) is 0 Å². The first-order valence-corrected chi connectivity index (χ1v) is 6.91. The van der Waals surface area contributed by atoms with E-state index >= 15 is 0 Å². The fraction of sp³-hybridized carbons (Fsp3) is 0.727. The summed E-state index contributed by atoms with van der Waals surface area (Å²) in [6.07, 6.45) is 2.59. The van der Waals surface area contributed by atoms with Gasteiger partial charge in [-0.05, 0) is 18.8 Å². The van der Waals surface area contributed by atoms with Gasteiger partial charge in [0.25, 0.3) is 0 Å². The van der Waals surface area contributed by atoms with Crippen molar-refractivity contribution in [1.82, 2.24) is 4.98 Å². The zero-order chi connectivity index (χ0) is 10.8. The molecule has 2 rings (SSSR count). The van der Waals surface area contributed by atoms with Gasteiger partial charge in [0.05, 0.1) is 11.6 Å². The van der Waals surface area contributed by atoms with E-state index in [-0.39, 0.29) is 0 Å². The van der Waals surface area contributed by atoms with E-state index in [2.05, 4.69) is 29.1 Å². The molecule has 1 aliphatic heterocycles. The first-order chi connectivity index (χ1) is 7.22. The van der Waals surface area contributed by atoms with Gasteiger partial charge in [-0.15, -0.1) is 22.9 Å². The normalized spacial score (nSPS) is 21.6. The standard InChI is InChI=1S/C11H17ClN2S/c1-8(2)10-4-3-5-14(10)11-13-9(6-12)7-15-11/h7-8,10H,3-6H2,1-2H3. The van der Waals surface area contributed by atoms with E-state index in [1.165, 1.54) is 12.8 Å². The second-order valence-corrected chi connectivity index (χ2v) is 5.51. The molecule has 0 N–H and O–H groups in total. The first kappa shape index (κ1) is 11.2. The summed E-state index contributed by atoms with van der Waals surface area (Å²) in [5.74, 6) is 1.23. The van der Waals surface area contributed by atoms with Gasteiger partial charge in [0.1, 0.15) is 0 Å². The molecule has 0 bridgehead atoms. The molecule has 0 saturated carbocycles. The highest BCUT2D eigenvalue weighted by atomic mass is 35.5. The average molecular weight is 245 g/mol. The van der Waals surface area contributed by atoms with Crippen LogP contribution in [0.4, 0.5) is 5.13 Å². The molecular formula is C11H17ClN2S. The minimum absolute atomic E-state index is 0.524. The quantitative estimate of drug-likeness (QED) is 0.757. The highest BCUT2D eigenvalue weighted by Crippen LogP contribution is 2.31. The molecule has 0 amide bonds. The number of hydrogen-bond donors (Lipinski definition) is 0. The fourth-order valence-corrected chi connectivity index (χ4v) is 3.35. The lowest BCUT2D eigenvalue weighted by Gasteiger charge is -2.27. The van der Waals surface area contributed by atoms with Crippen molar-refractivity contribution in [1.29, 1.82) is 0 Å². The molecule has 4 heteroatoms. The van der Waals surface area contributed by atoms with Crippen LogP contribution in [0.3, 0.4) is 0 Å². The van der Waals surface area contributed by atoms with Crippen molar-refractivity contribution < 1.29 is 0 Å². The number of anilines is 1. The van der Waals surface area contributed by atoms with Gasteiger partial charge < -0.3 is 4.90 Å². The molecule has 0 spiro atoms. The van der Waals surface area contributed by atoms with Gasteiger partial charge in [0, 0.05) is 18.0 Å². The van der Waals surface area contributed by atoms with Gasteiger partial charge in [0.2, 0.25) is 0 Å². The molecule has 1 aromatic heterocycles. The number of thiazole rings is 1. The monoisotopic (exact) mass is 244 g/mol. The van der Waals surface area contributed by atoms with E-state index in [0.717, 1.165) is 17.4 Å². The lowest BCUT2D eigenvalue weighted by Crippen LogP contribution is -2.33. The summed E-state index contributed by atoms with van der Waals surface area (Å²) in [5, 5.41) is 3.22. The van der Waals surface area contributed by atoms with Crippen LogP contribution in [0.5, 0.6) is 0 Å². The molecular weight excluding hydrogens is 228 g/mol. The highest BCUT2D eigenvalue weighted by Gasteiger charge is 2.28. The van der Waals surface area contributed by atoms with Crippen molar-refractivity contribution >= 4 is 28.1 Å². The molecule has 2 heterocycles. The number of aromatic nitrogens is 1. The van der Waals surface area contributed by atoms with Gasteiger partial charge >= 0.3 is 0 Å². The maximum absolute atomic E-state index is 5.77. The Morgan fingerprint density at radius 1 is 1.67 bits per heavy atom. The Kier molecular flexibility index (Phi) is 3.52. The van der Waals surface area contributed by atoms with Crippen molar-refractivity contribution in [3.63, 3.8) is 0 Å². The van der Waals surface area contributed by atoms with Crippen LogP contribution in [-0.2, 0) is 5.88 Å². The second kappa shape index (κ2) is 4.71. The molecule has 1 saturated heterocycles. The predicted octanol–water partition coefficient (Wildman–Crippen LogP) is 3.51. The van der Waals surface area contributed by atoms with E-state index in [9.17, 15) is 0 Å². The SMILES string of the molecule is CC(C)C1CCCN1c1nc(CCl)cs1. The van der Waals surface area contributed by atoms with Crippen molar-refractivity contribution in [3.8, 4) is 0 Å². The topological polar surface area (TPSA) is 16.1 Å². The number of rotatable bonds is 3. The first-order valence-electron chi connectivity index (χ1n) is 5.49. The van der Waals surface area contributed by atoms with Crippen molar-refractivity contribution in [2.75, 3.05) is 11.4 Å². The number of hydrogen-bond acceptors (Lipinski definition) is 3. The Morgan fingerprint density at radius 3 is 3.07 bits per heavy atom. The number of alkyl halides is 1. The van der Waals surface area contributed by atoms with Crippen LogP contribution in [0.25, 0.3) is 0 Å². The van der Waals surface area contributed by atoms with E-state index in [4.69, 9.17) is 11.6 Å². The molecule has 15 heavy (non-hydrogen) atoms. The van der Waals surface area contributed by atoms with Gasteiger partial charge in [-0.2, -0.15) is 0 Å². The van der Waals surface area contributed by atoms with E-state index < -0.39 is 0 Å². The highest BCUT2D eigenvalue weighted by molar-refractivity contribution is 7.13. The minimum atomic E-state index is 0.524. The molecule has 1 unspecified atom stereocenters. The lowest BCUT2D eigenvalue weighted by molar-refractivity contribution is 0.491. The molecule has 1 atom stereocenters. The van der Waals surface area contributed by atoms with Crippen LogP contribution >= 0.6 is 22.9 Å². The van der Waals surface area contributed by atoms with Crippen molar-refractivity contribution in [2.24, 2.45) is 5.92 Å². The lowest BCUT2D eigenvalue weighted by atomic mass is 10.0. The Labute approximate surface area is 100 Å². The third-order valence-electron chi connectivity index (χ3n) is 2.99. The molecule has 0 aliphatic carbocycles. The number of nitrogens with zero attached hydrogens (tertiary/aromatic N) is 2. The molecule has 1 aromatic rings. The van der Waals surface area contributed by atoms with Gasteiger partial charge in [-0.25, -0.2) is 4.98 Å². The molecule has 84 valence electrons. The molecule has 2 nitrogen and oxygen atoms in total. The molecule has 0 radical (unpaired) electrons. The smallest absolute Gasteiger partial charge is 0.185 e. The predicted molar refractivity (Wildman–Crippen MR) is 66.9 cm³/mol. The third kappa shape index (κ3) is 2.28. The summed E-state index contributed by atoms with van der Waals surface area (Å²) in [4.78, 5) is 7.01. The summed E-state index contributed by atoms with van der Waals surface area (Å²) in [6.45, 7) is 5.73. The molecule has 1 aliphatic rings. The summed E-state index contributed by atoms with van der Waals surface area (Å²) in [6, 6.07) is 0.666. The number of halogens is 1. The van der Waals surface area contributed by atoms with Crippen LogP contribution < -0.4 is 4.90 Å². The second-order valence-electron chi connectivity index (χ2n) is 4.40. The van der Waals surface area contributed by atoms with Crippen molar-refractivity contribution in [3.05, 3.63) is 11.1 Å². The largest absolute Gasteiger partial charge is 0.345 e. The van der Waals surface area contributed by atoms with E-state index in [1.54, 1.807) is 11.3 Å². The zero-order valence-corrected chi connectivity index (χ0v) is 10.8. The van der Waals surface area contributed by atoms with Gasteiger partial charge in [-0.1, -0.05) is 13.8 Å². The van der Waals surface area contributed by atoms with Crippen LogP contribution in [0, 0.1) is 5.92 Å². The average Bonchev–Trinajstić information content (AvgIpc) is 2.85. The molecule has 1 fully saturated rings. The Bertz CT molecular complexity index is 324. The maximum Gasteiger partial charge on any atom is 0.185 e. The minimum Gasteiger partial charge on any atom is -0.345 e. The van der Waals surface area contributed by atoms with Gasteiger partial charge in [0.15, 0.2) is 5.13 Å². The Morgan fingerprint density at radius 2 is 2.47 bits per heavy atom. The fourth-order valence-electron chi connectivity index (χ4n) is 2.21. The summed E-state index contributed by atoms with van der Waals surface area (Å²) < 4.78 is 0. The third-order valence-corrected chi connectivity index (χ3v) is 4.19. The van der Waals surface area contributed by atoms with E-state index in [0.29, 0.717) is 17.8 Å². The summed E-state index contributed by atoms with van der Waals surface area (Å²) >= 11 is 7.49. The van der Waals surface area contributed by atoms with Crippen LogP contribution in [-0.4, -0.2) is 17.6 Å². The van der Waals surface area contributed by atoms with Crippen LogP contribution in [0.15, 0.2) is 5.38 Å². The summed E-state index contributed by atoms with van der Waals surface area (Å²) in [5.41, 5.74) is 1.01. The van der Waals surface area contributed by atoms with E-state index in [1.807, 2.05) is 0 Å². The zero-order valence-electron chi connectivity index (χ0n) is 9.24. The van der Waals surface area contributed by atoms with Crippen molar-refractivity contribution in [2.45, 2.75) is 38.6 Å².